The summed E-state index contributed by atoms with van der Waals surface area (Å²) in [4.78, 5) is 11.8. The predicted octanol–water partition coefficient (Wildman–Crippen LogP) is 2.62. The van der Waals surface area contributed by atoms with Crippen molar-refractivity contribution in [1.82, 2.24) is 0 Å². The Kier molecular flexibility index (Phi) is 4.70. The summed E-state index contributed by atoms with van der Waals surface area (Å²) < 4.78 is 5.24. The van der Waals surface area contributed by atoms with E-state index in [1.54, 1.807) is 24.3 Å². The van der Waals surface area contributed by atoms with Crippen molar-refractivity contribution in [2.45, 2.75) is 5.92 Å². The van der Waals surface area contributed by atoms with Crippen LogP contribution in [0.15, 0.2) is 60.7 Å². The third kappa shape index (κ3) is 3.66. The first-order valence-electron chi connectivity index (χ1n) is 6.19. The van der Waals surface area contributed by atoms with Crippen LogP contribution in [0.2, 0.25) is 0 Å². The fourth-order valence-electron chi connectivity index (χ4n) is 1.81. The van der Waals surface area contributed by atoms with Gasteiger partial charge in [-0.1, -0.05) is 48.5 Å². The minimum atomic E-state index is -0.366. The number of carbonyl (C=O) groups is 1. The van der Waals surface area contributed by atoms with Gasteiger partial charge < -0.3 is 9.84 Å². The fraction of sp³-hybridized carbons (Fsp3) is 0.188. The molecule has 0 spiro atoms. The molecular formula is C16H16O3. The van der Waals surface area contributed by atoms with Gasteiger partial charge in [0, 0.05) is 5.92 Å². The van der Waals surface area contributed by atoms with Crippen LogP contribution in [0.5, 0.6) is 0 Å². The predicted molar refractivity (Wildman–Crippen MR) is 73.0 cm³/mol. The lowest BCUT2D eigenvalue weighted by molar-refractivity contribution is 0.0450. The summed E-state index contributed by atoms with van der Waals surface area (Å²) >= 11 is 0. The molecule has 1 atom stereocenters. The second-order valence-corrected chi connectivity index (χ2v) is 4.25. The number of aliphatic hydroxyl groups is 1. The van der Waals surface area contributed by atoms with Gasteiger partial charge in [-0.25, -0.2) is 4.79 Å². The summed E-state index contributed by atoms with van der Waals surface area (Å²) in [5.74, 6) is -0.552. The largest absolute Gasteiger partial charge is 0.461 e. The molecule has 0 radical (unpaired) electrons. The molecule has 0 amide bonds. The van der Waals surface area contributed by atoms with Gasteiger partial charge in [0.05, 0.1) is 12.2 Å². The highest BCUT2D eigenvalue weighted by atomic mass is 16.5. The van der Waals surface area contributed by atoms with Crippen LogP contribution in [0.25, 0.3) is 0 Å². The summed E-state index contributed by atoms with van der Waals surface area (Å²) in [5, 5.41) is 9.37. The van der Waals surface area contributed by atoms with Gasteiger partial charge in [0.25, 0.3) is 0 Å². The van der Waals surface area contributed by atoms with Gasteiger partial charge in [-0.15, -0.1) is 0 Å². The first-order chi connectivity index (χ1) is 9.31. The summed E-state index contributed by atoms with van der Waals surface area (Å²) in [6.07, 6.45) is 0. The Balaban J connectivity index is 1.96. The Morgan fingerprint density at radius 3 is 2.16 bits per heavy atom. The van der Waals surface area contributed by atoms with Crippen LogP contribution in [-0.2, 0) is 4.74 Å². The monoisotopic (exact) mass is 256 g/mol. The first kappa shape index (κ1) is 13.3. The molecule has 3 nitrogen and oxygen atoms in total. The summed E-state index contributed by atoms with van der Waals surface area (Å²) in [5.41, 5.74) is 1.48. The van der Waals surface area contributed by atoms with Gasteiger partial charge in [-0.05, 0) is 17.7 Å². The van der Waals surface area contributed by atoms with Crippen molar-refractivity contribution in [3.05, 3.63) is 71.8 Å². The third-order valence-corrected chi connectivity index (χ3v) is 2.92. The number of hydrogen-bond donors (Lipinski definition) is 1. The minimum Gasteiger partial charge on any atom is -0.461 e. The van der Waals surface area contributed by atoms with Crippen LogP contribution < -0.4 is 0 Å². The highest BCUT2D eigenvalue weighted by Gasteiger charge is 2.14. The molecule has 3 heteroatoms. The maximum absolute atomic E-state index is 11.8. The maximum Gasteiger partial charge on any atom is 0.338 e. The van der Waals surface area contributed by atoms with Crippen molar-refractivity contribution in [3.8, 4) is 0 Å². The fourth-order valence-corrected chi connectivity index (χ4v) is 1.81. The number of esters is 1. The highest BCUT2D eigenvalue weighted by Crippen LogP contribution is 2.15. The molecule has 2 aromatic rings. The lowest BCUT2D eigenvalue weighted by Crippen LogP contribution is -2.15. The molecule has 1 N–H and O–H groups in total. The molecule has 0 saturated carbocycles. The van der Waals surface area contributed by atoms with Crippen molar-refractivity contribution in [2.75, 3.05) is 13.2 Å². The average molecular weight is 256 g/mol. The van der Waals surface area contributed by atoms with E-state index in [-0.39, 0.29) is 25.1 Å². The zero-order valence-corrected chi connectivity index (χ0v) is 10.5. The topological polar surface area (TPSA) is 46.5 Å². The van der Waals surface area contributed by atoms with Gasteiger partial charge in [0.2, 0.25) is 0 Å². The molecule has 0 saturated heterocycles. The van der Waals surface area contributed by atoms with Crippen molar-refractivity contribution in [3.63, 3.8) is 0 Å². The maximum atomic E-state index is 11.8. The number of hydrogen-bond acceptors (Lipinski definition) is 3. The molecule has 2 rings (SSSR count). The Labute approximate surface area is 112 Å². The van der Waals surface area contributed by atoms with Crippen LogP contribution in [0.3, 0.4) is 0 Å². The second kappa shape index (κ2) is 6.71. The molecular weight excluding hydrogens is 240 g/mol. The van der Waals surface area contributed by atoms with E-state index < -0.39 is 0 Å². The molecule has 0 fully saturated rings. The molecule has 0 aliphatic rings. The lowest BCUT2D eigenvalue weighted by Gasteiger charge is -2.14. The molecule has 19 heavy (non-hydrogen) atoms. The molecule has 0 unspecified atom stereocenters. The summed E-state index contributed by atoms with van der Waals surface area (Å²) in [6.45, 7) is 0.125. The second-order valence-electron chi connectivity index (χ2n) is 4.25. The number of aliphatic hydroxyl groups excluding tert-OH is 1. The van der Waals surface area contributed by atoms with Crippen molar-refractivity contribution in [1.29, 1.82) is 0 Å². The minimum absolute atomic E-state index is 0.0495. The van der Waals surface area contributed by atoms with Crippen molar-refractivity contribution in [2.24, 2.45) is 0 Å². The van der Waals surface area contributed by atoms with E-state index in [0.29, 0.717) is 5.56 Å². The van der Waals surface area contributed by atoms with Crippen LogP contribution in [-0.4, -0.2) is 24.3 Å². The van der Waals surface area contributed by atoms with E-state index in [1.165, 1.54) is 0 Å². The molecule has 98 valence electrons. The summed E-state index contributed by atoms with van der Waals surface area (Å²) in [7, 11) is 0. The molecule has 0 aliphatic heterocycles. The number of rotatable bonds is 5. The molecule has 0 aliphatic carbocycles. The Bertz CT molecular complexity index is 508. The van der Waals surface area contributed by atoms with Crippen LogP contribution in [0.1, 0.15) is 21.8 Å². The van der Waals surface area contributed by atoms with E-state index in [9.17, 15) is 9.90 Å². The van der Waals surface area contributed by atoms with E-state index in [1.807, 2.05) is 36.4 Å². The van der Waals surface area contributed by atoms with Gasteiger partial charge in [0.15, 0.2) is 0 Å². The smallest absolute Gasteiger partial charge is 0.338 e. The third-order valence-electron chi connectivity index (χ3n) is 2.92. The first-order valence-corrected chi connectivity index (χ1v) is 6.19. The van der Waals surface area contributed by atoms with Crippen molar-refractivity contribution >= 4 is 5.97 Å². The van der Waals surface area contributed by atoms with E-state index in [2.05, 4.69) is 0 Å². The van der Waals surface area contributed by atoms with Gasteiger partial charge in [0.1, 0.15) is 6.61 Å². The Hall–Kier alpha value is -2.13. The molecule has 2 aromatic carbocycles. The van der Waals surface area contributed by atoms with E-state index in [4.69, 9.17) is 4.74 Å². The zero-order chi connectivity index (χ0) is 13.5. The normalized spacial score (nSPS) is 11.8. The quantitative estimate of drug-likeness (QED) is 0.836. The van der Waals surface area contributed by atoms with Crippen LogP contribution in [0.4, 0.5) is 0 Å². The highest BCUT2D eigenvalue weighted by molar-refractivity contribution is 5.89. The van der Waals surface area contributed by atoms with Crippen molar-refractivity contribution < 1.29 is 14.6 Å². The number of carbonyl (C=O) groups excluding carboxylic acids is 1. The van der Waals surface area contributed by atoms with Gasteiger partial charge >= 0.3 is 5.97 Å². The zero-order valence-electron chi connectivity index (χ0n) is 10.5. The standard InChI is InChI=1S/C16H16O3/c17-11-15(13-7-3-1-4-8-13)12-19-16(18)14-9-5-2-6-10-14/h1-10,15,17H,11-12H2/t15-/m0/s1. The Morgan fingerprint density at radius 1 is 1.00 bits per heavy atom. The number of ether oxygens (including phenoxy) is 1. The lowest BCUT2D eigenvalue weighted by atomic mass is 10.0. The summed E-state index contributed by atoms with van der Waals surface area (Å²) in [6, 6.07) is 18.4. The SMILES string of the molecule is O=C(OC[C@H](CO)c1ccccc1)c1ccccc1. The average Bonchev–Trinajstić information content (AvgIpc) is 2.49. The van der Waals surface area contributed by atoms with Gasteiger partial charge in [-0.2, -0.15) is 0 Å². The molecule has 0 bridgehead atoms. The van der Waals surface area contributed by atoms with E-state index >= 15 is 0 Å². The Morgan fingerprint density at radius 2 is 1.58 bits per heavy atom. The van der Waals surface area contributed by atoms with Gasteiger partial charge in [-0.3, -0.25) is 0 Å². The molecule has 0 heterocycles. The van der Waals surface area contributed by atoms with Crippen LogP contribution >= 0.6 is 0 Å². The number of benzene rings is 2. The molecule has 0 aromatic heterocycles. The van der Waals surface area contributed by atoms with Crippen LogP contribution in [0, 0.1) is 0 Å². The van der Waals surface area contributed by atoms with E-state index in [0.717, 1.165) is 5.56 Å².